The lowest BCUT2D eigenvalue weighted by atomic mass is 9.68. The Morgan fingerprint density at radius 3 is 2.90 bits per heavy atom. The molecule has 1 saturated carbocycles. The standard InChI is InChI=1S/C32H40ClN2O4S/c1-38-29(8-4-3-5-16-40(2)37)26-12-9-24(26)19-35-20-32(15-6-7-22-17-25(33)11-13-27(22)32)21-39-30-14-10-23(31(34)36)18-28(30)35/h4,8,10-11,13-14,17-18,24,26,29H,2-3,5-7,9,12,15-16,19-21H2,1H3,(H2,34,36)/q-1/b8-4+/t24-,26+,29-,32-/m0/s1. The number of nitrogens with two attached hydrogens (primary N) is 1. The Kier molecular flexibility index (Phi) is 9.13. The monoisotopic (exact) mass is 583 g/mol. The Bertz CT molecular complexity index is 1330. The van der Waals surface area contributed by atoms with E-state index >= 15 is 0 Å². The number of ether oxygens (including phenoxy) is 2. The molecule has 1 spiro atoms. The number of amides is 1. The number of carbonyl (C=O) groups excluding carboxylic acids is 1. The van der Waals surface area contributed by atoms with Crippen LogP contribution in [-0.2, 0) is 31.2 Å². The second-order valence-electron chi connectivity index (χ2n) is 11.6. The molecule has 2 aliphatic carbocycles. The fourth-order valence-electron chi connectivity index (χ4n) is 6.79. The maximum Gasteiger partial charge on any atom is 0.248 e. The molecule has 0 aromatic heterocycles. The van der Waals surface area contributed by atoms with Crippen molar-refractivity contribution in [1.82, 2.24) is 0 Å². The second-order valence-corrected chi connectivity index (χ2v) is 13.3. The zero-order chi connectivity index (χ0) is 28.3. The second kappa shape index (κ2) is 12.6. The van der Waals surface area contributed by atoms with E-state index in [-0.39, 0.29) is 11.5 Å². The Morgan fingerprint density at radius 1 is 1.32 bits per heavy atom. The van der Waals surface area contributed by atoms with E-state index < -0.39 is 16.3 Å². The maximum atomic E-state index is 12.1. The minimum Gasteiger partial charge on any atom is -0.490 e. The minimum absolute atomic E-state index is 0.0372. The quantitative estimate of drug-likeness (QED) is 0.168. The molecule has 0 bridgehead atoms. The summed E-state index contributed by atoms with van der Waals surface area (Å²) in [6.45, 7) is 2.23. The van der Waals surface area contributed by atoms with Gasteiger partial charge in [-0.15, -0.1) is 5.75 Å². The van der Waals surface area contributed by atoms with Crippen LogP contribution in [0.3, 0.4) is 0 Å². The molecule has 1 fully saturated rings. The highest BCUT2D eigenvalue weighted by atomic mass is 35.5. The number of unbranched alkanes of at least 4 members (excludes halogenated alkanes) is 1. The number of nitrogens with zero attached hydrogens (tertiary/aromatic N) is 1. The van der Waals surface area contributed by atoms with Crippen LogP contribution in [0.25, 0.3) is 0 Å². The van der Waals surface area contributed by atoms with Gasteiger partial charge in [0.15, 0.2) is 0 Å². The van der Waals surface area contributed by atoms with Gasteiger partial charge in [0, 0.05) is 36.2 Å². The lowest BCUT2D eigenvalue weighted by Gasteiger charge is -2.46. The maximum absolute atomic E-state index is 12.1. The summed E-state index contributed by atoms with van der Waals surface area (Å²) in [6, 6.07) is 11.8. The number of rotatable bonds is 10. The van der Waals surface area contributed by atoms with Gasteiger partial charge in [-0.1, -0.05) is 36.2 Å². The van der Waals surface area contributed by atoms with Gasteiger partial charge in [-0.2, -0.15) is 5.87 Å². The Hall–Kier alpha value is -2.48. The number of halogens is 1. The molecule has 1 aliphatic heterocycles. The molecule has 1 heterocycles. The molecule has 1 amide bonds. The normalized spacial score (nSPS) is 24.7. The van der Waals surface area contributed by atoms with E-state index in [0.717, 1.165) is 74.5 Å². The third-order valence-electron chi connectivity index (χ3n) is 9.02. The van der Waals surface area contributed by atoms with Gasteiger partial charge >= 0.3 is 0 Å². The molecule has 8 heteroatoms. The van der Waals surface area contributed by atoms with E-state index in [2.05, 4.69) is 35.1 Å². The summed E-state index contributed by atoms with van der Waals surface area (Å²) in [5, 5.41) is 0.771. The number of primary amides is 1. The molecule has 40 heavy (non-hydrogen) atoms. The highest BCUT2D eigenvalue weighted by molar-refractivity contribution is 7.82. The fourth-order valence-corrected chi connectivity index (χ4v) is 7.48. The van der Waals surface area contributed by atoms with Crippen LogP contribution in [0, 0.1) is 11.8 Å². The number of benzene rings is 2. The first-order valence-corrected chi connectivity index (χ1v) is 16.1. The summed E-state index contributed by atoms with van der Waals surface area (Å²) in [5.41, 5.74) is 9.58. The fraction of sp³-hybridized carbons (Fsp3) is 0.500. The van der Waals surface area contributed by atoms with Crippen molar-refractivity contribution in [2.24, 2.45) is 17.6 Å². The first kappa shape index (κ1) is 29.0. The van der Waals surface area contributed by atoms with E-state index in [0.29, 0.717) is 29.8 Å². The highest BCUT2D eigenvalue weighted by Gasteiger charge is 2.44. The third kappa shape index (κ3) is 6.22. The van der Waals surface area contributed by atoms with Crippen LogP contribution in [0.4, 0.5) is 5.69 Å². The number of hydrogen-bond acceptors (Lipinski definition) is 6. The van der Waals surface area contributed by atoms with Crippen molar-refractivity contribution in [2.75, 3.05) is 37.5 Å². The molecule has 2 N–H and O–H groups in total. The van der Waals surface area contributed by atoms with Gasteiger partial charge in [0.25, 0.3) is 0 Å². The summed E-state index contributed by atoms with van der Waals surface area (Å²) in [7, 11) is 0.779. The van der Waals surface area contributed by atoms with Crippen molar-refractivity contribution in [2.45, 2.75) is 56.5 Å². The predicted octanol–water partition coefficient (Wildman–Crippen LogP) is 5.69. The summed E-state index contributed by atoms with van der Waals surface area (Å²) in [4.78, 5) is 14.6. The van der Waals surface area contributed by atoms with Crippen LogP contribution >= 0.6 is 11.6 Å². The zero-order valence-electron chi connectivity index (χ0n) is 23.3. The van der Waals surface area contributed by atoms with Crippen molar-refractivity contribution in [3.8, 4) is 5.75 Å². The van der Waals surface area contributed by atoms with E-state index in [4.69, 9.17) is 26.8 Å². The smallest absolute Gasteiger partial charge is 0.248 e. The molecular weight excluding hydrogens is 544 g/mol. The molecule has 2 aromatic carbocycles. The molecule has 3 aliphatic rings. The first-order valence-electron chi connectivity index (χ1n) is 14.3. The lowest BCUT2D eigenvalue weighted by Crippen LogP contribution is -2.49. The van der Waals surface area contributed by atoms with Crippen molar-refractivity contribution in [1.29, 1.82) is 0 Å². The van der Waals surface area contributed by atoms with Crippen molar-refractivity contribution < 1.29 is 18.5 Å². The summed E-state index contributed by atoms with van der Waals surface area (Å²) in [6.07, 6.45) is 11.5. The number of allylic oxidation sites excluding steroid dienone is 1. The largest absolute Gasteiger partial charge is 0.490 e. The van der Waals surface area contributed by atoms with Crippen molar-refractivity contribution in [3.05, 3.63) is 70.3 Å². The number of methoxy groups -OCH3 is 1. The van der Waals surface area contributed by atoms with E-state index in [1.54, 1.807) is 13.2 Å². The van der Waals surface area contributed by atoms with E-state index in [1.807, 2.05) is 18.2 Å². The van der Waals surface area contributed by atoms with E-state index in [9.17, 15) is 9.00 Å². The number of fused-ring (bicyclic) bond motifs is 3. The molecule has 2 aromatic rings. The van der Waals surface area contributed by atoms with E-state index in [1.165, 1.54) is 11.1 Å². The summed E-state index contributed by atoms with van der Waals surface area (Å²) < 4.78 is 23.7. The SMILES string of the molecule is C=[S-](=O)CCC/C=C/[C@H](OC)[C@@H]1CC[C@H]1CN1C[C@@]2(CCCc3cc(Cl)ccc32)COc2ccc(C(N)=O)cc21. The average molecular weight is 584 g/mol. The number of carbonyl (C=O) groups is 1. The van der Waals surface area contributed by atoms with Gasteiger partial charge in [-0.3, -0.25) is 15.2 Å². The van der Waals surface area contributed by atoms with Gasteiger partial charge in [0.1, 0.15) is 5.75 Å². The number of aryl methyl sites for hydroxylation is 1. The predicted molar refractivity (Wildman–Crippen MR) is 164 cm³/mol. The zero-order valence-corrected chi connectivity index (χ0v) is 24.9. The Labute approximate surface area is 244 Å². The minimum atomic E-state index is -1.00. The van der Waals surface area contributed by atoms with Gasteiger partial charge in [-0.05, 0) is 91.8 Å². The molecule has 0 unspecified atom stereocenters. The van der Waals surface area contributed by atoms with Crippen LogP contribution in [0.5, 0.6) is 5.75 Å². The van der Waals surface area contributed by atoms with Crippen LogP contribution < -0.4 is 15.4 Å². The molecule has 6 nitrogen and oxygen atoms in total. The van der Waals surface area contributed by atoms with Gasteiger partial charge in [0.2, 0.25) is 5.91 Å². The molecule has 4 atom stereocenters. The Morgan fingerprint density at radius 2 is 2.17 bits per heavy atom. The van der Waals surface area contributed by atoms with Crippen LogP contribution in [0.1, 0.15) is 60.0 Å². The van der Waals surface area contributed by atoms with Crippen molar-refractivity contribution in [3.63, 3.8) is 0 Å². The van der Waals surface area contributed by atoms with Gasteiger partial charge < -0.3 is 24.3 Å². The molecule has 216 valence electrons. The number of hydrogen-bond donors (Lipinski definition) is 1. The summed E-state index contributed by atoms with van der Waals surface area (Å²) >= 11 is 6.39. The van der Waals surface area contributed by atoms with Crippen LogP contribution in [0.2, 0.25) is 5.02 Å². The molecule has 5 rings (SSSR count). The Balaban J connectivity index is 1.42. The average Bonchev–Trinajstić information content (AvgIpc) is 3.06. The molecule has 0 saturated heterocycles. The first-order chi connectivity index (χ1) is 19.3. The molecule has 0 radical (unpaired) electrons. The van der Waals surface area contributed by atoms with Crippen LogP contribution in [0.15, 0.2) is 48.6 Å². The third-order valence-corrected chi connectivity index (χ3v) is 9.99. The van der Waals surface area contributed by atoms with Gasteiger partial charge in [-0.25, -0.2) is 0 Å². The molecular formula is C32H40ClN2O4S-. The lowest BCUT2D eigenvalue weighted by molar-refractivity contribution is 0.0132. The van der Waals surface area contributed by atoms with Crippen LogP contribution in [-0.4, -0.2) is 50.4 Å². The van der Waals surface area contributed by atoms with Gasteiger partial charge in [0.05, 0.1) is 18.4 Å². The highest BCUT2D eigenvalue weighted by Crippen LogP contribution is 2.46. The summed E-state index contributed by atoms with van der Waals surface area (Å²) in [5.74, 6) is 5.39. The topological polar surface area (TPSA) is 81.9 Å². The van der Waals surface area contributed by atoms with Crippen molar-refractivity contribution >= 4 is 39.5 Å². The number of anilines is 1.